The van der Waals surface area contributed by atoms with Crippen LogP contribution in [0.1, 0.15) is 39.5 Å². The average Bonchev–Trinajstić information content (AvgIpc) is 1.97. The second kappa shape index (κ2) is 3.66. The molecular weight excluding hydrogens is 164 g/mol. The van der Waals surface area contributed by atoms with E-state index in [4.69, 9.17) is 11.5 Å². The Bertz CT molecular complexity index is 205. The van der Waals surface area contributed by atoms with E-state index >= 15 is 0 Å². The number of carbonyl (C=O) groups is 1. The highest BCUT2D eigenvalue weighted by molar-refractivity contribution is 5.75. The second-order valence-corrected chi connectivity index (χ2v) is 4.66. The van der Waals surface area contributed by atoms with E-state index in [1.165, 1.54) is 0 Å². The fourth-order valence-corrected chi connectivity index (χ4v) is 2.30. The molecule has 3 heteroatoms. The Morgan fingerprint density at radius 3 is 2.62 bits per heavy atom. The molecule has 1 fully saturated rings. The Morgan fingerprint density at radius 2 is 2.15 bits per heavy atom. The molecule has 0 spiro atoms. The van der Waals surface area contributed by atoms with Gasteiger partial charge in [-0.15, -0.1) is 0 Å². The summed E-state index contributed by atoms with van der Waals surface area (Å²) in [7, 11) is 0. The van der Waals surface area contributed by atoms with Crippen LogP contribution in [0.4, 0.5) is 0 Å². The van der Waals surface area contributed by atoms with Crippen molar-refractivity contribution in [3.8, 4) is 0 Å². The molecular formula is C10H20N2O. The van der Waals surface area contributed by atoms with E-state index < -0.39 is 0 Å². The lowest BCUT2D eigenvalue weighted by molar-refractivity contribution is -0.120. The summed E-state index contributed by atoms with van der Waals surface area (Å²) in [6.45, 7) is 4.36. The van der Waals surface area contributed by atoms with Gasteiger partial charge in [-0.05, 0) is 31.1 Å². The first-order chi connectivity index (χ1) is 5.94. The molecule has 3 atom stereocenters. The first kappa shape index (κ1) is 10.5. The van der Waals surface area contributed by atoms with Crippen LogP contribution >= 0.6 is 0 Å². The van der Waals surface area contributed by atoms with Crippen molar-refractivity contribution in [3.05, 3.63) is 0 Å². The van der Waals surface area contributed by atoms with Gasteiger partial charge in [-0.2, -0.15) is 0 Å². The van der Waals surface area contributed by atoms with Crippen LogP contribution in [0.3, 0.4) is 0 Å². The van der Waals surface area contributed by atoms with E-state index in [9.17, 15) is 4.79 Å². The Hall–Kier alpha value is -0.570. The van der Waals surface area contributed by atoms with Crippen LogP contribution in [-0.2, 0) is 4.79 Å². The number of hydrogen-bond donors (Lipinski definition) is 2. The Kier molecular flexibility index (Phi) is 2.96. The van der Waals surface area contributed by atoms with E-state index in [1.807, 2.05) is 0 Å². The molecule has 1 amide bonds. The normalized spacial score (nSPS) is 40.2. The highest BCUT2D eigenvalue weighted by Gasteiger charge is 2.37. The molecule has 3 nitrogen and oxygen atoms in total. The van der Waals surface area contributed by atoms with E-state index in [1.54, 1.807) is 0 Å². The van der Waals surface area contributed by atoms with Gasteiger partial charge in [0, 0.05) is 12.0 Å². The fraction of sp³-hybridized carbons (Fsp3) is 0.900. The zero-order valence-electron chi connectivity index (χ0n) is 8.55. The SMILES string of the molecule is CC1CCC(N)(CC(N)=O)C(C)C1. The predicted molar refractivity (Wildman–Crippen MR) is 52.9 cm³/mol. The predicted octanol–water partition coefficient (Wildman–Crippen LogP) is 1.02. The van der Waals surface area contributed by atoms with Crippen LogP contribution in [0.5, 0.6) is 0 Å². The minimum atomic E-state index is -0.335. The minimum Gasteiger partial charge on any atom is -0.370 e. The lowest BCUT2D eigenvalue weighted by Gasteiger charge is -2.41. The van der Waals surface area contributed by atoms with Crippen LogP contribution in [-0.4, -0.2) is 11.4 Å². The number of rotatable bonds is 2. The number of primary amides is 1. The molecule has 0 saturated heterocycles. The molecule has 76 valence electrons. The van der Waals surface area contributed by atoms with E-state index in [0.717, 1.165) is 25.2 Å². The molecule has 0 aromatic heterocycles. The first-order valence-electron chi connectivity index (χ1n) is 5.01. The molecule has 0 heterocycles. The Balaban J connectivity index is 2.61. The second-order valence-electron chi connectivity index (χ2n) is 4.66. The monoisotopic (exact) mass is 184 g/mol. The van der Waals surface area contributed by atoms with E-state index in [2.05, 4.69) is 13.8 Å². The number of carbonyl (C=O) groups excluding carboxylic acids is 1. The highest BCUT2D eigenvalue weighted by Crippen LogP contribution is 2.36. The van der Waals surface area contributed by atoms with Crippen molar-refractivity contribution in [3.63, 3.8) is 0 Å². The molecule has 1 aliphatic rings. The van der Waals surface area contributed by atoms with Crippen molar-refractivity contribution < 1.29 is 4.79 Å². The van der Waals surface area contributed by atoms with Crippen LogP contribution in [0.15, 0.2) is 0 Å². The zero-order valence-corrected chi connectivity index (χ0v) is 8.55. The van der Waals surface area contributed by atoms with Crippen LogP contribution < -0.4 is 11.5 Å². The van der Waals surface area contributed by atoms with E-state index in [0.29, 0.717) is 12.3 Å². The molecule has 1 saturated carbocycles. The third kappa shape index (κ3) is 2.44. The van der Waals surface area contributed by atoms with Gasteiger partial charge in [-0.3, -0.25) is 4.79 Å². The quantitative estimate of drug-likeness (QED) is 0.672. The summed E-state index contributed by atoms with van der Waals surface area (Å²) in [4.78, 5) is 10.8. The van der Waals surface area contributed by atoms with Gasteiger partial charge in [-0.1, -0.05) is 13.8 Å². The molecule has 0 aromatic rings. The van der Waals surface area contributed by atoms with Gasteiger partial charge >= 0.3 is 0 Å². The molecule has 3 unspecified atom stereocenters. The maximum atomic E-state index is 10.8. The molecule has 0 aliphatic heterocycles. The first-order valence-corrected chi connectivity index (χ1v) is 5.01. The number of amides is 1. The largest absolute Gasteiger partial charge is 0.370 e. The smallest absolute Gasteiger partial charge is 0.219 e. The summed E-state index contributed by atoms with van der Waals surface area (Å²) >= 11 is 0. The molecule has 0 radical (unpaired) electrons. The third-order valence-electron chi connectivity index (χ3n) is 3.34. The standard InChI is InChI=1S/C10H20N2O/c1-7-3-4-10(12,6-9(11)13)8(2)5-7/h7-8H,3-6,12H2,1-2H3,(H2,11,13). The fourth-order valence-electron chi connectivity index (χ4n) is 2.30. The van der Waals surface area contributed by atoms with Gasteiger partial charge in [0.2, 0.25) is 5.91 Å². The van der Waals surface area contributed by atoms with Crippen LogP contribution in [0.25, 0.3) is 0 Å². The molecule has 0 bridgehead atoms. The zero-order chi connectivity index (χ0) is 10.1. The van der Waals surface area contributed by atoms with Gasteiger partial charge < -0.3 is 11.5 Å². The molecule has 1 rings (SSSR count). The molecule has 1 aliphatic carbocycles. The topological polar surface area (TPSA) is 69.1 Å². The van der Waals surface area contributed by atoms with Crippen LogP contribution in [0.2, 0.25) is 0 Å². The summed E-state index contributed by atoms with van der Waals surface area (Å²) in [5, 5.41) is 0. The molecule has 4 N–H and O–H groups in total. The maximum absolute atomic E-state index is 10.8. The minimum absolute atomic E-state index is 0.274. The van der Waals surface area contributed by atoms with Gasteiger partial charge in [0.05, 0.1) is 0 Å². The van der Waals surface area contributed by atoms with Crippen molar-refractivity contribution in [2.75, 3.05) is 0 Å². The van der Waals surface area contributed by atoms with Crippen LogP contribution in [0, 0.1) is 11.8 Å². The van der Waals surface area contributed by atoms with Gasteiger partial charge in [-0.25, -0.2) is 0 Å². The molecule has 0 aromatic carbocycles. The summed E-state index contributed by atoms with van der Waals surface area (Å²) in [5.74, 6) is 0.868. The van der Waals surface area contributed by atoms with Crippen molar-refractivity contribution in [1.82, 2.24) is 0 Å². The average molecular weight is 184 g/mol. The van der Waals surface area contributed by atoms with Crippen molar-refractivity contribution in [2.45, 2.75) is 45.1 Å². The van der Waals surface area contributed by atoms with Gasteiger partial charge in [0.1, 0.15) is 0 Å². The van der Waals surface area contributed by atoms with Crippen molar-refractivity contribution in [1.29, 1.82) is 0 Å². The number of nitrogens with two attached hydrogens (primary N) is 2. The molecule has 13 heavy (non-hydrogen) atoms. The Morgan fingerprint density at radius 1 is 1.54 bits per heavy atom. The lowest BCUT2D eigenvalue weighted by Crippen LogP contribution is -2.51. The summed E-state index contributed by atoms with van der Waals surface area (Å²) in [5.41, 5.74) is 11.0. The van der Waals surface area contributed by atoms with Crippen molar-refractivity contribution >= 4 is 5.91 Å². The third-order valence-corrected chi connectivity index (χ3v) is 3.34. The van der Waals surface area contributed by atoms with Gasteiger partial charge in [0.25, 0.3) is 0 Å². The summed E-state index contributed by atoms with van der Waals surface area (Å²) in [6, 6.07) is 0. The Labute approximate surface area is 79.9 Å². The summed E-state index contributed by atoms with van der Waals surface area (Å²) in [6.07, 6.45) is 3.50. The maximum Gasteiger partial charge on any atom is 0.219 e. The van der Waals surface area contributed by atoms with Crippen molar-refractivity contribution in [2.24, 2.45) is 23.3 Å². The van der Waals surface area contributed by atoms with E-state index in [-0.39, 0.29) is 11.4 Å². The number of hydrogen-bond acceptors (Lipinski definition) is 2. The summed E-state index contributed by atoms with van der Waals surface area (Å²) < 4.78 is 0. The highest BCUT2D eigenvalue weighted by atomic mass is 16.1. The lowest BCUT2D eigenvalue weighted by atomic mass is 9.69. The van der Waals surface area contributed by atoms with Gasteiger partial charge in [0.15, 0.2) is 0 Å².